The fourth-order valence-corrected chi connectivity index (χ4v) is 2.03. The number of carbonyl (C=O) groups is 1. The minimum atomic E-state index is -0.0705. The lowest BCUT2D eigenvalue weighted by molar-refractivity contribution is -0.117. The Balaban J connectivity index is 0.000000272. The van der Waals surface area contributed by atoms with Gasteiger partial charge in [-0.2, -0.15) is 0 Å². The fraction of sp³-hybridized carbons (Fsp3) is 0.278. The van der Waals surface area contributed by atoms with Crippen LogP contribution >= 0.6 is 15.9 Å². The lowest BCUT2D eigenvalue weighted by Crippen LogP contribution is -2.16. The Bertz CT molecular complexity index is 632. The first-order valence-corrected chi connectivity index (χ1v) is 8.29. The lowest BCUT2D eigenvalue weighted by atomic mass is 10.1. The van der Waals surface area contributed by atoms with Gasteiger partial charge in [-0.3, -0.25) is 4.79 Å². The Labute approximate surface area is 151 Å². The number of amides is 1. The van der Waals surface area contributed by atoms with E-state index in [9.17, 15) is 4.79 Å². The Morgan fingerprint density at radius 3 is 2.46 bits per heavy atom. The topological polar surface area (TPSA) is 84.6 Å². The molecule has 0 saturated carbocycles. The van der Waals surface area contributed by atoms with E-state index in [1.54, 1.807) is 13.2 Å². The van der Waals surface area contributed by atoms with Crippen LogP contribution in [0.1, 0.15) is 13.3 Å². The highest BCUT2D eigenvalue weighted by Gasteiger charge is 2.07. The number of ether oxygens (including phenoxy) is 1. The molecule has 6 heteroatoms. The Hall–Kier alpha value is -2.05. The summed E-state index contributed by atoms with van der Waals surface area (Å²) >= 11 is 3.32. The van der Waals surface area contributed by atoms with Crippen molar-refractivity contribution in [3.05, 3.63) is 53.0 Å². The molecule has 0 aliphatic rings. The van der Waals surface area contributed by atoms with Crippen molar-refractivity contribution in [1.82, 2.24) is 0 Å². The number of halogens is 1. The summed E-state index contributed by atoms with van der Waals surface area (Å²) in [5.74, 6) is 0.731. The summed E-state index contributed by atoms with van der Waals surface area (Å²) in [6, 6.07) is 14.7. The quantitative estimate of drug-likeness (QED) is 0.675. The van der Waals surface area contributed by atoms with Crippen molar-refractivity contribution >= 4 is 33.2 Å². The van der Waals surface area contributed by atoms with Gasteiger partial charge in [-0.25, -0.2) is 0 Å². The molecule has 2 aromatic rings. The Morgan fingerprint density at radius 2 is 1.96 bits per heavy atom. The number of benzene rings is 2. The van der Waals surface area contributed by atoms with Gasteiger partial charge in [0.2, 0.25) is 5.91 Å². The number of nitrogen functional groups attached to an aromatic ring is 1. The van der Waals surface area contributed by atoms with Gasteiger partial charge in [-0.15, -0.1) is 0 Å². The predicted molar refractivity (Wildman–Crippen MR) is 101 cm³/mol. The molecule has 0 radical (unpaired) electrons. The van der Waals surface area contributed by atoms with Crippen molar-refractivity contribution in [2.75, 3.05) is 24.8 Å². The van der Waals surface area contributed by atoms with E-state index in [1.165, 1.54) is 0 Å². The average Bonchev–Trinajstić information content (AvgIpc) is 2.57. The van der Waals surface area contributed by atoms with Gasteiger partial charge in [-0.1, -0.05) is 28.9 Å². The van der Waals surface area contributed by atoms with Gasteiger partial charge in [0, 0.05) is 34.9 Å². The second-order valence-corrected chi connectivity index (χ2v) is 6.24. The molecule has 1 amide bonds. The van der Waals surface area contributed by atoms with Gasteiger partial charge in [0.1, 0.15) is 5.75 Å². The van der Waals surface area contributed by atoms with Crippen LogP contribution in [0.4, 0.5) is 11.4 Å². The molecule has 2 aromatic carbocycles. The maximum atomic E-state index is 11.4. The van der Waals surface area contributed by atoms with Crippen molar-refractivity contribution < 1.29 is 14.6 Å². The van der Waals surface area contributed by atoms with Crippen LogP contribution in [0.15, 0.2) is 53.0 Å². The third-order valence-corrected chi connectivity index (χ3v) is 3.60. The zero-order valence-corrected chi connectivity index (χ0v) is 15.4. The molecule has 0 aliphatic heterocycles. The molecule has 0 heterocycles. The van der Waals surface area contributed by atoms with Gasteiger partial charge in [-0.05, 0) is 42.3 Å². The molecule has 5 nitrogen and oxygen atoms in total. The highest BCUT2D eigenvalue weighted by atomic mass is 79.9. The van der Waals surface area contributed by atoms with Gasteiger partial charge >= 0.3 is 0 Å². The maximum Gasteiger partial charge on any atom is 0.224 e. The van der Waals surface area contributed by atoms with Crippen molar-refractivity contribution in [2.45, 2.75) is 13.3 Å². The predicted octanol–water partition coefficient (Wildman–Crippen LogP) is 3.68. The standard InChI is InChI=1S/C11H14BrNO2.C7H9NO/c1-8(7-14)6-11(15)13-10-4-2-9(12)3-5-10;1-9-7-4-2-3-6(8)5-7/h2-5,8,14H,6-7H2,1H3,(H,13,15);2-5H,8H2,1H3/t8-;/m0./s1. The lowest BCUT2D eigenvalue weighted by Gasteiger charge is -2.08. The molecule has 0 unspecified atom stereocenters. The van der Waals surface area contributed by atoms with Crippen LogP contribution in [0.5, 0.6) is 5.75 Å². The number of methoxy groups -OCH3 is 1. The number of aliphatic hydroxyl groups excluding tert-OH is 1. The number of nitrogens with one attached hydrogen (secondary N) is 1. The number of hydrogen-bond acceptors (Lipinski definition) is 4. The number of nitrogens with two attached hydrogens (primary N) is 1. The summed E-state index contributed by atoms with van der Waals surface area (Å²) in [5, 5.41) is 11.6. The minimum Gasteiger partial charge on any atom is -0.497 e. The van der Waals surface area contributed by atoms with Crippen LogP contribution in [-0.4, -0.2) is 24.7 Å². The second-order valence-electron chi connectivity index (χ2n) is 5.32. The molecular formula is C18H23BrN2O3. The summed E-state index contributed by atoms with van der Waals surface area (Å²) in [4.78, 5) is 11.4. The maximum absolute atomic E-state index is 11.4. The van der Waals surface area contributed by atoms with Crippen LogP contribution in [0.25, 0.3) is 0 Å². The summed E-state index contributed by atoms with van der Waals surface area (Å²) < 4.78 is 5.89. The monoisotopic (exact) mass is 394 g/mol. The summed E-state index contributed by atoms with van der Waals surface area (Å²) in [6.07, 6.45) is 0.340. The van der Waals surface area contributed by atoms with Gasteiger partial charge in [0.25, 0.3) is 0 Å². The van der Waals surface area contributed by atoms with Crippen molar-refractivity contribution in [3.8, 4) is 5.75 Å². The Morgan fingerprint density at radius 1 is 1.29 bits per heavy atom. The molecule has 24 heavy (non-hydrogen) atoms. The van der Waals surface area contributed by atoms with E-state index >= 15 is 0 Å². The molecule has 4 N–H and O–H groups in total. The zero-order valence-electron chi connectivity index (χ0n) is 13.8. The molecular weight excluding hydrogens is 372 g/mol. The summed E-state index contributed by atoms with van der Waals surface area (Å²) in [7, 11) is 1.62. The largest absolute Gasteiger partial charge is 0.497 e. The third kappa shape index (κ3) is 7.99. The number of rotatable bonds is 5. The number of carbonyl (C=O) groups excluding carboxylic acids is 1. The van der Waals surface area contributed by atoms with Crippen molar-refractivity contribution in [2.24, 2.45) is 5.92 Å². The molecule has 0 aromatic heterocycles. The molecule has 0 spiro atoms. The van der Waals surface area contributed by atoms with E-state index in [-0.39, 0.29) is 18.4 Å². The molecule has 0 fully saturated rings. The Kier molecular flexibility index (Phi) is 8.89. The van der Waals surface area contributed by atoms with Gasteiger partial charge < -0.3 is 20.9 Å². The summed E-state index contributed by atoms with van der Waals surface area (Å²) in [5.41, 5.74) is 6.96. The first kappa shape index (κ1) is 20.0. The van der Waals surface area contributed by atoms with E-state index in [0.717, 1.165) is 21.6 Å². The molecule has 1 atom stereocenters. The van der Waals surface area contributed by atoms with Crippen LogP contribution in [0.2, 0.25) is 0 Å². The zero-order chi connectivity index (χ0) is 17.9. The smallest absolute Gasteiger partial charge is 0.224 e. The average molecular weight is 395 g/mol. The molecule has 0 bridgehead atoms. The highest BCUT2D eigenvalue weighted by Crippen LogP contribution is 2.15. The number of anilines is 2. The van der Waals surface area contributed by atoms with E-state index in [2.05, 4.69) is 21.2 Å². The minimum absolute atomic E-state index is 0.000415. The van der Waals surface area contributed by atoms with Gasteiger partial charge in [0.05, 0.1) is 7.11 Å². The van der Waals surface area contributed by atoms with Gasteiger partial charge in [0.15, 0.2) is 0 Å². The number of aliphatic hydroxyl groups is 1. The fourth-order valence-electron chi connectivity index (χ4n) is 1.77. The normalized spacial score (nSPS) is 11.0. The van der Waals surface area contributed by atoms with E-state index in [4.69, 9.17) is 15.6 Å². The first-order chi connectivity index (χ1) is 11.4. The first-order valence-electron chi connectivity index (χ1n) is 7.50. The molecule has 0 saturated heterocycles. The van der Waals surface area contributed by atoms with Crippen LogP contribution in [0, 0.1) is 5.92 Å². The number of hydrogen-bond donors (Lipinski definition) is 3. The SMILES string of the molecule is COc1cccc(N)c1.C[C@H](CO)CC(=O)Nc1ccc(Br)cc1. The second kappa shape index (κ2) is 10.7. The molecule has 2 rings (SSSR count). The van der Waals surface area contributed by atoms with Crippen molar-refractivity contribution in [1.29, 1.82) is 0 Å². The molecule has 0 aliphatic carbocycles. The third-order valence-electron chi connectivity index (χ3n) is 3.07. The van der Waals surface area contributed by atoms with Crippen molar-refractivity contribution in [3.63, 3.8) is 0 Å². The van der Waals surface area contributed by atoms with Crippen LogP contribution < -0.4 is 15.8 Å². The van der Waals surface area contributed by atoms with E-state index in [0.29, 0.717) is 6.42 Å². The highest BCUT2D eigenvalue weighted by molar-refractivity contribution is 9.10. The molecule has 130 valence electrons. The van der Waals surface area contributed by atoms with Crippen LogP contribution in [0.3, 0.4) is 0 Å². The summed E-state index contributed by atoms with van der Waals surface area (Å²) in [6.45, 7) is 1.87. The van der Waals surface area contributed by atoms with E-state index < -0.39 is 0 Å². The van der Waals surface area contributed by atoms with Crippen LogP contribution in [-0.2, 0) is 4.79 Å². The van der Waals surface area contributed by atoms with E-state index in [1.807, 2.05) is 49.4 Å².